The zero-order valence-electron chi connectivity index (χ0n) is 22.1. The second-order valence-corrected chi connectivity index (χ2v) is 9.38. The average Bonchev–Trinajstić information content (AvgIpc) is 2.84. The minimum atomic E-state index is -0.117. The van der Waals surface area contributed by atoms with E-state index in [0.29, 0.717) is 25.0 Å². The number of rotatable bonds is 15. The maximum absolute atomic E-state index is 5.82. The van der Waals surface area contributed by atoms with Crippen LogP contribution in [-0.2, 0) is 9.47 Å². The molecule has 2 N–H and O–H groups in total. The fraction of sp³-hybridized carbons (Fsp3) is 0.571. The molecule has 0 bridgehead atoms. The standard InChI is InChI=1S/C28H44N2O4/c1-19(2)23(17-31-5)29-27(21-13-9-11-15-25(21)33-7)28(30-24(18-32-6)20(3)4)22-14-10-12-16-26(22)34-8/h9-16,19-20,23-24,27-30H,17-18H2,1-8H3/t23-,24-,27-,28-/m1/s1. The number of hydrogen-bond acceptors (Lipinski definition) is 6. The lowest BCUT2D eigenvalue weighted by molar-refractivity contribution is 0.119. The maximum atomic E-state index is 5.82. The SMILES string of the molecule is COC[C@@H](N[C@H](c1ccccc1OC)[C@H](N[C@H](COC)C(C)C)c1ccccc1OC)C(C)C. The van der Waals surface area contributed by atoms with Crippen molar-refractivity contribution in [3.63, 3.8) is 0 Å². The second kappa shape index (κ2) is 14.3. The summed E-state index contributed by atoms with van der Waals surface area (Å²) in [6.45, 7) is 10.1. The normalized spacial score (nSPS) is 15.2. The van der Waals surface area contributed by atoms with Gasteiger partial charge < -0.3 is 29.6 Å². The van der Waals surface area contributed by atoms with Crippen LogP contribution in [0.2, 0.25) is 0 Å². The van der Waals surface area contributed by atoms with E-state index in [9.17, 15) is 0 Å². The van der Waals surface area contributed by atoms with Gasteiger partial charge in [-0.25, -0.2) is 0 Å². The fourth-order valence-electron chi connectivity index (χ4n) is 4.26. The van der Waals surface area contributed by atoms with E-state index in [0.717, 1.165) is 22.6 Å². The van der Waals surface area contributed by atoms with Crippen molar-refractivity contribution in [3.05, 3.63) is 59.7 Å². The predicted octanol–water partition coefficient (Wildman–Crippen LogP) is 5.01. The third kappa shape index (κ3) is 7.44. The molecular formula is C28H44N2O4. The van der Waals surface area contributed by atoms with Gasteiger partial charge in [-0.05, 0) is 24.0 Å². The molecule has 0 aliphatic rings. The maximum Gasteiger partial charge on any atom is 0.123 e. The minimum Gasteiger partial charge on any atom is -0.496 e. The molecule has 2 rings (SSSR count). The van der Waals surface area contributed by atoms with E-state index in [1.165, 1.54) is 0 Å². The Bertz CT molecular complexity index is 773. The third-order valence-corrected chi connectivity index (χ3v) is 6.37. The molecule has 0 aromatic heterocycles. The lowest BCUT2D eigenvalue weighted by Gasteiger charge is -2.38. The third-order valence-electron chi connectivity index (χ3n) is 6.37. The quantitative estimate of drug-likeness (QED) is 0.380. The lowest BCUT2D eigenvalue weighted by atomic mass is 9.88. The van der Waals surface area contributed by atoms with E-state index in [4.69, 9.17) is 18.9 Å². The van der Waals surface area contributed by atoms with E-state index < -0.39 is 0 Å². The first kappa shape index (κ1) is 28.1. The molecule has 190 valence electrons. The van der Waals surface area contributed by atoms with Crippen LogP contribution >= 0.6 is 0 Å². The molecule has 0 aliphatic heterocycles. The van der Waals surface area contributed by atoms with Gasteiger partial charge in [0.2, 0.25) is 0 Å². The Morgan fingerprint density at radius 1 is 0.588 bits per heavy atom. The van der Waals surface area contributed by atoms with E-state index in [-0.39, 0.29) is 24.2 Å². The van der Waals surface area contributed by atoms with Gasteiger partial charge in [-0.3, -0.25) is 0 Å². The summed E-state index contributed by atoms with van der Waals surface area (Å²) in [5.74, 6) is 2.43. The molecule has 6 nitrogen and oxygen atoms in total. The predicted molar refractivity (Wildman–Crippen MR) is 139 cm³/mol. The zero-order chi connectivity index (χ0) is 25.1. The van der Waals surface area contributed by atoms with Crippen LogP contribution in [0.5, 0.6) is 11.5 Å². The lowest BCUT2D eigenvalue weighted by Crippen LogP contribution is -2.49. The number of ether oxygens (including phenoxy) is 4. The van der Waals surface area contributed by atoms with Crippen LogP contribution in [0.4, 0.5) is 0 Å². The zero-order valence-corrected chi connectivity index (χ0v) is 22.1. The monoisotopic (exact) mass is 472 g/mol. The van der Waals surface area contributed by atoms with Crippen molar-refractivity contribution in [2.45, 2.75) is 51.9 Å². The van der Waals surface area contributed by atoms with Crippen LogP contribution in [0, 0.1) is 11.8 Å². The Labute approximate surface area is 206 Å². The fourth-order valence-corrected chi connectivity index (χ4v) is 4.26. The van der Waals surface area contributed by atoms with Gasteiger partial charge in [-0.1, -0.05) is 64.1 Å². The number of benzene rings is 2. The molecule has 4 atom stereocenters. The van der Waals surface area contributed by atoms with Crippen LogP contribution in [-0.4, -0.2) is 53.7 Å². The van der Waals surface area contributed by atoms with Crippen molar-refractivity contribution in [2.24, 2.45) is 11.8 Å². The molecule has 0 spiro atoms. The van der Waals surface area contributed by atoms with E-state index >= 15 is 0 Å². The number of methoxy groups -OCH3 is 4. The van der Waals surface area contributed by atoms with Crippen LogP contribution in [0.15, 0.2) is 48.5 Å². The molecule has 0 fully saturated rings. The number of nitrogens with one attached hydrogen (secondary N) is 2. The summed E-state index contributed by atoms with van der Waals surface area (Å²) in [5.41, 5.74) is 2.16. The first-order chi connectivity index (χ1) is 16.4. The van der Waals surface area contributed by atoms with Crippen molar-refractivity contribution in [3.8, 4) is 11.5 Å². The topological polar surface area (TPSA) is 61.0 Å². The molecular weight excluding hydrogens is 428 g/mol. The molecule has 34 heavy (non-hydrogen) atoms. The molecule has 0 radical (unpaired) electrons. The van der Waals surface area contributed by atoms with Gasteiger partial charge in [-0.2, -0.15) is 0 Å². The first-order valence-electron chi connectivity index (χ1n) is 12.1. The van der Waals surface area contributed by atoms with E-state index in [1.807, 2.05) is 24.3 Å². The van der Waals surface area contributed by atoms with Crippen LogP contribution < -0.4 is 20.1 Å². The molecule has 0 saturated heterocycles. The van der Waals surface area contributed by atoms with Gasteiger partial charge in [0.15, 0.2) is 0 Å². The van der Waals surface area contributed by atoms with Gasteiger partial charge in [0.25, 0.3) is 0 Å². The summed E-state index contributed by atoms with van der Waals surface area (Å²) in [6.07, 6.45) is 0. The van der Waals surface area contributed by atoms with E-state index in [2.05, 4.69) is 62.6 Å². The van der Waals surface area contributed by atoms with Gasteiger partial charge in [0, 0.05) is 37.4 Å². The van der Waals surface area contributed by atoms with E-state index in [1.54, 1.807) is 28.4 Å². The van der Waals surface area contributed by atoms with Crippen molar-refractivity contribution in [2.75, 3.05) is 41.7 Å². The van der Waals surface area contributed by atoms with Gasteiger partial charge >= 0.3 is 0 Å². The summed E-state index contributed by atoms with van der Waals surface area (Å²) in [7, 11) is 6.94. The molecule has 0 aliphatic carbocycles. The summed E-state index contributed by atoms with van der Waals surface area (Å²) in [6, 6.07) is 16.4. The molecule has 2 aromatic carbocycles. The summed E-state index contributed by atoms with van der Waals surface area (Å²) in [5, 5.41) is 7.84. The highest BCUT2D eigenvalue weighted by Crippen LogP contribution is 2.39. The highest BCUT2D eigenvalue weighted by atomic mass is 16.5. The second-order valence-electron chi connectivity index (χ2n) is 9.38. The van der Waals surface area contributed by atoms with Crippen molar-refractivity contribution >= 4 is 0 Å². The van der Waals surface area contributed by atoms with Gasteiger partial charge in [-0.15, -0.1) is 0 Å². The summed E-state index contributed by atoms with van der Waals surface area (Å²) in [4.78, 5) is 0. The Morgan fingerprint density at radius 2 is 0.941 bits per heavy atom. The molecule has 0 saturated carbocycles. The van der Waals surface area contributed by atoms with Gasteiger partial charge in [0.1, 0.15) is 11.5 Å². The average molecular weight is 473 g/mol. The Balaban J connectivity index is 2.69. The molecule has 2 aromatic rings. The largest absolute Gasteiger partial charge is 0.496 e. The first-order valence-corrected chi connectivity index (χ1v) is 12.1. The summed E-state index contributed by atoms with van der Waals surface area (Å²) < 4.78 is 22.8. The van der Waals surface area contributed by atoms with Crippen LogP contribution in [0.25, 0.3) is 0 Å². The van der Waals surface area contributed by atoms with Crippen molar-refractivity contribution < 1.29 is 18.9 Å². The number of para-hydroxylation sites is 2. The molecule has 0 unspecified atom stereocenters. The Kier molecular flexibility index (Phi) is 11.8. The highest BCUT2D eigenvalue weighted by molar-refractivity contribution is 5.42. The van der Waals surface area contributed by atoms with Crippen molar-refractivity contribution in [1.82, 2.24) is 10.6 Å². The smallest absolute Gasteiger partial charge is 0.123 e. The van der Waals surface area contributed by atoms with Gasteiger partial charge in [0.05, 0.1) is 39.5 Å². The molecule has 0 heterocycles. The van der Waals surface area contributed by atoms with Crippen LogP contribution in [0.3, 0.4) is 0 Å². The number of hydrogen-bond donors (Lipinski definition) is 2. The minimum absolute atomic E-state index is 0.117. The Hall–Kier alpha value is -2.12. The van der Waals surface area contributed by atoms with Crippen molar-refractivity contribution in [1.29, 1.82) is 0 Å². The summed E-state index contributed by atoms with van der Waals surface area (Å²) >= 11 is 0. The molecule has 0 amide bonds. The highest BCUT2D eigenvalue weighted by Gasteiger charge is 2.34. The van der Waals surface area contributed by atoms with Crippen LogP contribution in [0.1, 0.15) is 50.9 Å². The Morgan fingerprint density at radius 3 is 1.24 bits per heavy atom. The molecule has 6 heteroatoms.